The topological polar surface area (TPSA) is 98.0 Å². The van der Waals surface area contributed by atoms with Crippen molar-refractivity contribution in [1.29, 1.82) is 0 Å². The number of carboxylic acids is 1. The van der Waals surface area contributed by atoms with Gasteiger partial charge in [-0.25, -0.2) is 0 Å². The van der Waals surface area contributed by atoms with Crippen molar-refractivity contribution in [2.45, 2.75) is 65.3 Å². The second kappa shape index (κ2) is 9.39. The van der Waals surface area contributed by atoms with Crippen LogP contribution in [0.2, 0.25) is 0 Å². The van der Waals surface area contributed by atoms with Gasteiger partial charge in [0.2, 0.25) is 0 Å². The highest BCUT2D eigenvalue weighted by molar-refractivity contribution is 5.69. The fourth-order valence-corrected chi connectivity index (χ4v) is 0.953. The highest BCUT2D eigenvalue weighted by Crippen LogP contribution is 2.11. The van der Waals surface area contributed by atoms with Crippen molar-refractivity contribution < 1.29 is 25.2 Å². The molecule has 0 saturated carbocycles. The summed E-state index contributed by atoms with van der Waals surface area (Å²) in [7, 11) is 0. The van der Waals surface area contributed by atoms with E-state index in [9.17, 15) is 4.79 Å². The molecule has 0 aromatic heterocycles. The van der Waals surface area contributed by atoms with Gasteiger partial charge in [-0.05, 0) is 26.7 Å². The molecule has 17 heavy (non-hydrogen) atoms. The van der Waals surface area contributed by atoms with E-state index in [-0.39, 0.29) is 5.92 Å². The molecule has 0 radical (unpaired) electrons. The molecule has 0 aliphatic heterocycles. The Morgan fingerprint density at radius 3 is 1.88 bits per heavy atom. The third kappa shape index (κ3) is 11.6. The van der Waals surface area contributed by atoms with Crippen molar-refractivity contribution in [3.8, 4) is 0 Å². The number of aliphatic hydroxyl groups is 3. The summed E-state index contributed by atoms with van der Waals surface area (Å²) in [6.45, 7) is 6.43. The van der Waals surface area contributed by atoms with Crippen LogP contribution in [-0.2, 0) is 4.79 Å². The molecule has 0 aliphatic rings. The van der Waals surface area contributed by atoms with Gasteiger partial charge in [-0.3, -0.25) is 4.79 Å². The minimum Gasteiger partial charge on any atom is -0.481 e. The van der Waals surface area contributed by atoms with Crippen LogP contribution in [0.5, 0.6) is 0 Å². The lowest BCUT2D eigenvalue weighted by molar-refractivity contribution is -0.205. The van der Waals surface area contributed by atoms with Crippen LogP contribution in [0, 0.1) is 5.92 Å². The number of hydrogen-bond acceptors (Lipinski definition) is 4. The quantitative estimate of drug-likeness (QED) is 0.533. The van der Waals surface area contributed by atoms with Gasteiger partial charge in [-0.15, -0.1) is 0 Å². The lowest BCUT2D eigenvalue weighted by Gasteiger charge is -2.17. The molecule has 0 spiro atoms. The van der Waals surface area contributed by atoms with Crippen molar-refractivity contribution in [3.63, 3.8) is 0 Å². The number of aliphatic hydroxyl groups excluding tert-OH is 1. The summed E-state index contributed by atoms with van der Waals surface area (Å²) in [6.07, 6.45) is 2.62. The average molecular weight is 250 g/mol. The Hall–Kier alpha value is -0.650. The molecule has 4 N–H and O–H groups in total. The van der Waals surface area contributed by atoms with E-state index >= 15 is 0 Å². The fourth-order valence-electron chi connectivity index (χ4n) is 0.953. The molecule has 0 aliphatic carbocycles. The largest absolute Gasteiger partial charge is 0.481 e. The van der Waals surface area contributed by atoms with Crippen molar-refractivity contribution in [3.05, 3.63) is 0 Å². The predicted octanol–water partition coefficient (Wildman–Crippen LogP) is 1.36. The van der Waals surface area contributed by atoms with Crippen LogP contribution in [0.4, 0.5) is 0 Å². The van der Waals surface area contributed by atoms with E-state index in [0.717, 1.165) is 32.6 Å². The number of hydrogen-bond donors (Lipinski definition) is 4. The van der Waals surface area contributed by atoms with Gasteiger partial charge in [-0.1, -0.05) is 26.7 Å². The monoisotopic (exact) mass is 250 g/mol. The molecular formula is C12H26O5. The first-order valence-corrected chi connectivity index (χ1v) is 6.02. The minimum atomic E-state index is -1.94. The molecule has 0 bridgehead atoms. The first kappa shape index (κ1) is 18.7. The number of carboxylic acid groups (broad SMARTS) is 1. The Bertz CT molecular complexity index is 196. The molecule has 0 saturated heterocycles. The average Bonchev–Trinajstić information content (AvgIpc) is 2.18. The molecule has 2 atom stereocenters. The van der Waals surface area contributed by atoms with E-state index in [1.807, 2.05) is 6.92 Å². The Balaban J connectivity index is 0. The first-order chi connectivity index (χ1) is 7.66. The lowest BCUT2D eigenvalue weighted by Crippen LogP contribution is -2.36. The maximum Gasteiger partial charge on any atom is 0.306 e. The summed E-state index contributed by atoms with van der Waals surface area (Å²) < 4.78 is 0. The van der Waals surface area contributed by atoms with Crippen LogP contribution in [0.15, 0.2) is 0 Å². The van der Waals surface area contributed by atoms with Gasteiger partial charge < -0.3 is 20.4 Å². The van der Waals surface area contributed by atoms with Gasteiger partial charge in [0.25, 0.3) is 0 Å². The maximum atomic E-state index is 10.4. The van der Waals surface area contributed by atoms with Gasteiger partial charge in [0, 0.05) is 0 Å². The van der Waals surface area contributed by atoms with Gasteiger partial charge in [0.05, 0.1) is 5.92 Å². The second-order valence-corrected chi connectivity index (χ2v) is 4.36. The predicted molar refractivity (Wildman–Crippen MR) is 65.5 cm³/mol. The zero-order chi connectivity index (χ0) is 14.1. The summed E-state index contributed by atoms with van der Waals surface area (Å²) in [6, 6.07) is 0. The Kier molecular flexibility index (Phi) is 10.3. The molecule has 104 valence electrons. The third-order valence-electron chi connectivity index (χ3n) is 2.54. The molecule has 0 fully saturated rings. The van der Waals surface area contributed by atoms with Gasteiger partial charge >= 0.3 is 5.97 Å². The Morgan fingerprint density at radius 2 is 1.71 bits per heavy atom. The molecule has 2 unspecified atom stereocenters. The van der Waals surface area contributed by atoms with Crippen LogP contribution in [0.1, 0.15) is 53.4 Å². The highest BCUT2D eigenvalue weighted by Gasteiger charge is 2.21. The summed E-state index contributed by atoms with van der Waals surface area (Å²) in [5, 5.41) is 33.8. The molecular weight excluding hydrogens is 224 g/mol. The van der Waals surface area contributed by atoms with Crippen molar-refractivity contribution in [2.24, 2.45) is 5.92 Å². The van der Waals surface area contributed by atoms with Crippen molar-refractivity contribution >= 4 is 5.97 Å². The number of aliphatic carboxylic acids is 1. The zero-order valence-corrected chi connectivity index (χ0v) is 11.2. The van der Waals surface area contributed by atoms with Crippen LogP contribution in [0.25, 0.3) is 0 Å². The molecule has 5 heteroatoms. The molecule has 0 rings (SSSR count). The standard InChI is InChI=1S/C8H16O2.C4H10O3/c1-3-5-6-7(4-2)8(9)10;1-3(5)4(2,6)7/h7H,3-6H2,1-2H3,(H,9,10);3,5-7H,1-2H3. The molecule has 5 nitrogen and oxygen atoms in total. The SMILES string of the molecule is CC(O)C(C)(O)O.CCCCC(CC)C(=O)O. The van der Waals surface area contributed by atoms with Gasteiger partial charge in [0.1, 0.15) is 6.10 Å². The Labute approximate surface area is 103 Å². The lowest BCUT2D eigenvalue weighted by atomic mass is 10.00. The normalized spacial score (nSPS) is 14.5. The van der Waals surface area contributed by atoms with E-state index < -0.39 is 17.9 Å². The Morgan fingerprint density at radius 1 is 1.29 bits per heavy atom. The van der Waals surface area contributed by atoms with E-state index in [2.05, 4.69) is 6.92 Å². The number of unbranched alkanes of at least 4 members (excludes halogenated alkanes) is 1. The van der Waals surface area contributed by atoms with Crippen LogP contribution in [-0.4, -0.2) is 38.3 Å². The van der Waals surface area contributed by atoms with E-state index in [1.165, 1.54) is 6.92 Å². The maximum absolute atomic E-state index is 10.4. The summed E-state index contributed by atoms with van der Waals surface area (Å²) in [4.78, 5) is 10.4. The summed E-state index contributed by atoms with van der Waals surface area (Å²) in [5.74, 6) is -2.70. The highest BCUT2D eigenvalue weighted by atomic mass is 16.5. The van der Waals surface area contributed by atoms with Crippen LogP contribution in [0.3, 0.4) is 0 Å². The van der Waals surface area contributed by atoms with Crippen LogP contribution >= 0.6 is 0 Å². The number of rotatable bonds is 6. The zero-order valence-electron chi connectivity index (χ0n) is 11.2. The van der Waals surface area contributed by atoms with E-state index in [1.54, 1.807) is 0 Å². The van der Waals surface area contributed by atoms with Gasteiger partial charge in [-0.2, -0.15) is 0 Å². The molecule has 0 aromatic rings. The number of carbonyl (C=O) groups is 1. The first-order valence-electron chi connectivity index (χ1n) is 6.02. The summed E-state index contributed by atoms with van der Waals surface area (Å²) >= 11 is 0. The molecule has 0 aromatic carbocycles. The second-order valence-electron chi connectivity index (χ2n) is 4.36. The van der Waals surface area contributed by atoms with Crippen molar-refractivity contribution in [1.82, 2.24) is 0 Å². The van der Waals surface area contributed by atoms with Crippen LogP contribution < -0.4 is 0 Å². The summed E-state index contributed by atoms with van der Waals surface area (Å²) in [5.41, 5.74) is 0. The van der Waals surface area contributed by atoms with E-state index in [0.29, 0.717) is 0 Å². The van der Waals surface area contributed by atoms with E-state index in [4.69, 9.17) is 20.4 Å². The smallest absolute Gasteiger partial charge is 0.306 e. The molecule has 0 heterocycles. The fraction of sp³-hybridized carbons (Fsp3) is 0.917. The minimum absolute atomic E-state index is 0.111. The molecule has 0 amide bonds. The van der Waals surface area contributed by atoms with Gasteiger partial charge in [0.15, 0.2) is 5.79 Å². The third-order valence-corrected chi connectivity index (χ3v) is 2.54. The van der Waals surface area contributed by atoms with Crippen molar-refractivity contribution in [2.75, 3.05) is 0 Å².